The molecule has 212 valence electrons. The molecule has 1 amide bonds. The van der Waals surface area contributed by atoms with Crippen LogP contribution >= 0.6 is 0 Å². The number of hydrogen-bond donors (Lipinski definition) is 1. The molecule has 0 spiro atoms. The van der Waals surface area contributed by atoms with Crippen molar-refractivity contribution >= 4 is 11.7 Å². The number of para-hydroxylation sites is 1. The molecule has 2 aliphatic heterocycles. The van der Waals surface area contributed by atoms with E-state index in [1.807, 2.05) is 48.3 Å². The first kappa shape index (κ1) is 27.9. The molecule has 8 heteroatoms. The van der Waals surface area contributed by atoms with Crippen LogP contribution in [0.25, 0.3) is 11.3 Å². The molecule has 1 aromatic carbocycles. The number of anilines is 1. The SMILES string of the molecule is COc1ccccc1-c1ccc(C(=O)NCC2(N3CCCCC3)CCCCC2)c(N(C)CC2COCCO2)n1. The van der Waals surface area contributed by atoms with Crippen LogP contribution in [0, 0.1) is 0 Å². The zero-order valence-corrected chi connectivity index (χ0v) is 23.6. The highest BCUT2D eigenvalue weighted by Crippen LogP contribution is 2.36. The number of ether oxygens (including phenoxy) is 3. The normalized spacial score (nSPS) is 21.7. The number of pyridine rings is 1. The minimum absolute atomic E-state index is 0.0679. The molecule has 0 radical (unpaired) electrons. The molecule has 1 unspecified atom stereocenters. The van der Waals surface area contributed by atoms with Gasteiger partial charge in [-0.2, -0.15) is 0 Å². The number of carbonyl (C=O) groups excluding carboxylic acids is 1. The van der Waals surface area contributed by atoms with E-state index in [2.05, 4.69) is 10.2 Å². The zero-order chi connectivity index (χ0) is 27.1. The topological polar surface area (TPSA) is 76.2 Å². The third kappa shape index (κ3) is 6.56. The van der Waals surface area contributed by atoms with Crippen molar-refractivity contribution in [3.05, 3.63) is 42.0 Å². The summed E-state index contributed by atoms with van der Waals surface area (Å²) in [7, 11) is 3.64. The van der Waals surface area contributed by atoms with Crippen molar-refractivity contribution in [1.29, 1.82) is 0 Å². The second-order valence-corrected chi connectivity index (χ2v) is 11.2. The van der Waals surface area contributed by atoms with E-state index < -0.39 is 0 Å². The molecular formula is C31H44N4O4. The molecule has 1 N–H and O–H groups in total. The first-order valence-corrected chi connectivity index (χ1v) is 14.7. The summed E-state index contributed by atoms with van der Waals surface area (Å²) >= 11 is 0. The first-order valence-electron chi connectivity index (χ1n) is 14.7. The van der Waals surface area contributed by atoms with E-state index in [1.165, 1.54) is 38.5 Å². The highest BCUT2D eigenvalue weighted by atomic mass is 16.6. The van der Waals surface area contributed by atoms with E-state index in [9.17, 15) is 4.79 Å². The Balaban J connectivity index is 1.40. The van der Waals surface area contributed by atoms with Crippen LogP contribution in [-0.4, -0.2) is 87.6 Å². The number of benzene rings is 1. The van der Waals surface area contributed by atoms with Crippen LogP contribution in [0.2, 0.25) is 0 Å². The third-order valence-electron chi connectivity index (χ3n) is 8.62. The van der Waals surface area contributed by atoms with E-state index in [0.717, 1.165) is 42.9 Å². The Morgan fingerprint density at radius 2 is 1.85 bits per heavy atom. The zero-order valence-electron chi connectivity index (χ0n) is 23.6. The van der Waals surface area contributed by atoms with Gasteiger partial charge in [-0.05, 0) is 63.0 Å². The summed E-state index contributed by atoms with van der Waals surface area (Å²) in [6.45, 7) is 5.29. The van der Waals surface area contributed by atoms with Gasteiger partial charge in [0.05, 0.1) is 44.3 Å². The fourth-order valence-corrected chi connectivity index (χ4v) is 6.48. The quantitative estimate of drug-likeness (QED) is 0.505. The van der Waals surface area contributed by atoms with E-state index in [4.69, 9.17) is 19.2 Å². The minimum Gasteiger partial charge on any atom is -0.496 e. The van der Waals surface area contributed by atoms with Gasteiger partial charge in [-0.3, -0.25) is 9.69 Å². The van der Waals surface area contributed by atoms with E-state index in [-0.39, 0.29) is 17.6 Å². The third-order valence-corrected chi connectivity index (χ3v) is 8.62. The molecular weight excluding hydrogens is 492 g/mol. The number of likely N-dealkylation sites (tertiary alicyclic amines) is 1. The summed E-state index contributed by atoms with van der Waals surface area (Å²) in [6, 6.07) is 11.7. The molecule has 8 nitrogen and oxygen atoms in total. The lowest BCUT2D eigenvalue weighted by molar-refractivity contribution is -0.0837. The number of carbonyl (C=O) groups is 1. The predicted molar refractivity (Wildman–Crippen MR) is 154 cm³/mol. The van der Waals surface area contributed by atoms with Crippen LogP contribution in [0.15, 0.2) is 36.4 Å². The summed E-state index contributed by atoms with van der Waals surface area (Å²) < 4.78 is 17.1. The molecule has 3 heterocycles. The Labute approximate surface area is 233 Å². The predicted octanol–water partition coefficient (Wildman–Crippen LogP) is 4.53. The summed E-state index contributed by atoms with van der Waals surface area (Å²) in [5, 5.41) is 3.36. The Morgan fingerprint density at radius 3 is 2.59 bits per heavy atom. The van der Waals surface area contributed by atoms with Crippen LogP contribution in [0.1, 0.15) is 61.7 Å². The number of piperidine rings is 1. The van der Waals surface area contributed by atoms with E-state index >= 15 is 0 Å². The number of hydrogen-bond acceptors (Lipinski definition) is 7. The van der Waals surface area contributed by atoms with E-state index in [0.29, 0.717) is 44.3 Å². The largest absolute Gasteiger partial charge is 0.496 e. The molecule has 5 rings (SSSR count). The van der Waals surface area contributed by atoms with Crippen LogP contribution in [-0.2, 0) is 9.47 Å². The van der Waals surface area contributed by atoms with Crippen molar-refractivity contribution in [3.63, 3.8) is 0 Å². The van der Waals surface area contributed by atoms with Crippen molar-refractivity contribution in [2.75, 3.05) is 65.1 Å². The van der Waals surface area contributed by atoms with Gasteiger partial charge in [0.25, 0.3) is 5.91 Å². The number of rotatable bonds is 9. The van der Waals surface area contributed by atoms with E-state index in [1.54, 1.807) is 7.11 Å². The number of nitrogens with one attached hydrogen (secondary N) is 1. The van der Waals surface area contributed by atoms with Crippen molar-refractivity contribution in [2.45, 2.75) is 63.0 Å². The van der Waals surface area contributed by atoms with Crippen LogP contribution in [0.4, 0.5) is 5.82 Å². The van der Waals surface area contributed by atoms with Crippen LogP contribution in [0.3, 0.4) is 0 Å². The monoisotopic (exact) mass is 536 g/mol. The van der Waals surface area contributed by atoms with Crippen molar-refractivity contribution in [1.82, 2.24) is 15.2 Å². The molecule has 39 heavy (non-hydrogen) atoms. The molecule has 1 atom stereocenters. The average molecular weight is 537 g/mol. The van der Waals surface area contributed by atoms with Gasteiger partial charge in [-0.15, -0.1) is 0 Å². The second kappa shape index (κ2) is 13.1. The standard InChI is InChI=1S/C31H44N4O4/c1-34(21-24-22-38-19-20-39-24)29-26(13-14-27(33-29)25-11-5-6-12-28(25)37-2)30(36)32-23-31(15-7-3-8-16-31)35-17-9-4-10-18-35/h5-6,11-14,24H,3-4,7-10,15-23H2,1-2H3,(H,32,36). The molecule has 3 aliphatic rings. The Bertz CT molecular complexity index is 1090. The fourth-order valence-electron chi connectivity index (χ4n) is 6.48. The van der Waals surface area contributed by atoms with Gasteiger partial charge in [0.1, 0.15) is 11.6 Å². The highest BCUT2D eigenvalue weighted by molar-refractivity contribution is 5.99. The van der Waals surface area contributed by atoms with Crippen molar-refractivity contribution < 1.29 is 19.0 Å². The lowest BCUT2D eigenvalue weighted by Gasteiger charge is -2.48. The van der Waals surface area contributed by atoms with Crippen molar-refractivity contribution in [3.8, 4) is 17.0 Å². The Hall–Kier alpha value is -2.68. The smallest absolute Gasteiger partial charge is 0.255 e. The van der Waals surface area contributed by atoms with Crippen molar-refractivity contribution in [2.24, 2.45) is 0 Å². The molecule has 2 saturated heterocycles. The van der Waals surface area contributed by atoms with Crippen LogP contribution in [0.5, 0.6) is 5.75 Å². The van der Waals surface area contributed by atoms with Crippen LogP contribution < -0.4 is 15.0 Å². The van der Waals surface area contributed by atoms with Gasteiger partial charge in [-0.25, -0.2) is 4.98 Å². The number of aromatic nitrogens is 1. The minimum atomic E-state index is -0.0707. The summed E-state index contributed by atoms with van der Waals surface area (Å²) in [5.74, 6) is 1.32. The molecule has 1 aliphatic carbocycles. The summed E-state index contributed by atoms with van der Waals surface area (Å²) in [6.07, 6.45) is 9.83. The summed E-state index contributed by atoms with van der Waals surface area (Å²) in [5.41, 5.74) is 2.31. The summed E-state index contributed by atoms with van der Waals surface area (Å²) in [4.78, 5) is 23.5. The molecule has 2 aromatic rings. The van der Waals surface area contributed by atoms with Gasteiger partial charge < -0.3 is 24.4 Å². The maximum absolute atomic E-state index is 13.8. The fraction of sp³-hybridized carbons (Fsp3) is 0.613. The van der Waals surface area contributed by atoms with Gasteiger partial charge in [0, 0.05) is 31.2 Å². The second-order valence-electron chi connectivity index (χ2n) is 11.2. The maximum Gasteiger partial charge on any atom is 0.255 e. The lowest BCUT2D eigenvalue weighted by Crippen LogP contribution is -2.58. The average Bonchev–Trinajstić information content (AvgIpc) is 3.01. The van der Waals surface area contributed by atoms with Gasteiger partial charge >= 0.3 is 0 Å². The molecule has 1 aromatic heterocycles. The molecule has 3 fully saturated rings. The number of methoxy groups -OCH3 is 1. The lowest BCUT2D eigenvalue weighted by atomic mass is 9.79. The molecule has 1 saturated carbocycles. The maximum atomic E-state index is 13.8. The molecule has 0 bridgehead atoms. The number of likely N-dealkylation sites (N-methyl/N-ethyl adjacent to an activating group) is 1. The van der Waals surface area contributed by atoms with Gasteiger partial charge in [0.2, 0.25) is 0 Å². The highest BCUT2D eigenvalue weighted by Gasteiger charge is 2.39. The first-order chi connectivity index (χ1) is 19.1. The Kier molecular flexibility index (Phi) is 9.37. The Morgan fingerprint density at radius 1 is 1.08 bits per heavy atom. The number of nitrogens with zero attached hydrogens (tertiary/aromatic N) is 3. The van der Waals surface area contributed by atoms with Gasteiger partial charge in [0.15, 0.2) is 0 Å². The number of amides is 1. The van der Waals surface area contributed by atoms with Gasteiger partial charge in [-0.1, -0.05) is 37.8 Å².